The molecule has 1 aromatic rings. The van der Waals surface area contributed by atoms with Gasteiger partial charge in [-0.15, -0.1) is 0 Å². The van der Waals surface area contributed by atoms with Crippen LogP contribution in [0.3, 0.4) is 0 Å². The SMILES string of the molecule is ClN1Cc2ccccc2S1. The van der Waals surface area contributed by atoms with Crippen LogP contribution in [0, 0.1) is 0 Å². The summed E-state index contributed by atoms with van der Waals surface area (Å²) >= 11 is 7.36. The molecule has 0 N–H and O–H groups in total. The smallest absolute Gasteiger partial charge is 0.0519 e. The van der Waals surface area contributed by atoms with Crippen molar-refractivity contribution in [3.63, 3.8) is 0 Å². The predicted octanol–water partition coefficient (Wildman–Crippen LogP) is 2.66. The molecule has 1 aliphatic rings. The Balaban J connectivity index is 2.42. The molecule has 0 radical (unpaired) electrons. The van der Waals surface area contributed by atoms with E-state index in [9.17, 15) is 0 Å². The minimum Gasteiger partial charge on any atom is -0.154 e. The summed E-state index contributed by atoms with van der Waals surface area (Å²) in [5, 5.41) is 0. The fraction of sp³-hybridized carbons (Fsp3) is 0.143. The van der Waals surface area contributed by atoms with E-state index in [4.69, 9.17) is 11.8 Å². The number of halogens is 1. The van der Waals surface area contributed by atoms with Crippen molar-refractivity contribution in [1.29, 1.82) is 0 Å². The molecule has 2 rings (SSSR count). The molecule has 0 saturated carbocycles. The third kappa shape index (κ3) is 1.03. The Morgan fingerprint density at radius 2 is 2.20 bits per heavy atom. The highest BCUT2D eigenvalue weighted by Gasteiger charge is 2.16. The van der Waals surface area contributed by atoms with Crippen molar-refractivity contribution in [2.75, 3.05) is 0 Å². The molecule has 0 unspecified atom stereocenters. The average Bonchev–Trinajstić information content (AvgIpc) is 2.27. The maximum absolute atomic E-state index is 5.77. The lowest BCUT2D eigenvalue weighted by Crippen LogP contribution is -1.90. The van der Waals surface area contributed by atoms with Gasteiger partial charge in [0.1, 0.15) is 0 Å². The first-order valence-corrected chi connectivity index (χ1v) is 4.16. The van der Waals surface area contributed by atoms with Crippen LogP contribution in [0.2, 0.25) is 0 Å². The standard InChI is InChI=1S/C7H6ClNS/c8-9-5-6-3-1-2-4-7(6)10-9/h1-4H,5H2. The summed E-state index contributed by atoms with van der Waals surface area (Å²) in [7, 11) is 0. The molecule has 0 amide bonds. The van der Waals surface area contributed by atoms with Gasteiger partial charge in [-0.05, 0) is 35.4 Å². The fourth-order valence-electron chi connectivity index (χ4n) is 0.996. The highest BCUT2D eigenvalue weighted by Crippen LogP contribution is 2.36. The first-order chi connectivity index (χ1) is 4.86. The fourth-order valence-corrected chi connectivity index (χ4v) is 2.15. The van der Waals surface area contributed by atoms with Gasteiger partial charge in [-0.3, -0.25) is 0 Å². The first-order valence-electron chi connectivity index (χ1n) is 3.05. The van der Waals surface area contributed by atoms with Crippen LogP contribution in [0.5, 0.6) is 0 Å². The molecular formula is C7H6ClNS. The number of hydrogen-bond acceptors (Lipinski definition) is 2. The lowest BCUT2D eigenvalue weighted by Gasteiger charge is -1.96. The zero-order valence-electron chi connectivity index (χ0n) is 5.25. The molecule has 0 spiro atoms. The van der Waals surface area contributed by atoms with Crippen LogP contribution in [-0.2, 0) is 6.54 Å². The highest BCUT2D eigenvalue weighted by molar-refractivity contribution is 7.98. The molecule has 10 heavy (non-hydrogen) atoms. The quantitative estimate of drug-likeness (QED) is 0.436. The van der Waals surface area contributed by atoms with Crippen LogP contribution in [0.25, 0.3) is 0 Å². The molecule has 1 nitrogen and oxygen atoms in total. The summed E-state index contributed by atoms with van der Waals surface area (Å²) in [5.41, 5.74) is 1.32. The van der Waals surface area contributed by atoms with Gasteiger partial charge < -0.3 is 0 Å². The minimum absolute atomic E-state index is 0.850. The Hall–Kier alpha value is -0.180. The van der Waals surface area contributed by atoms with Gasteiger partial charge in [-0.25, -0.2) is 0 Å². The number of hydrogen-bond donors (Lipinski definition) is 0. The van der Waals surface area contributed by atoms with E-state index in [-0.39, 0.29) is 0 Å². The predicted molar refractivity (Wildman–Crippen MR) is 43.7 cm³/mol. The van der Waals surface area contributed by atoms with E-state index >= 15 is 0 Å². The maximum atomic E-state index is 5.77. The third-order valence-electron chi connectivity index (χ3n) is 1.46. The van der Waals surface area contributed by atoms with E-state index in [2.05, 4.69) is 12.1 Å². The number of nitrogens with zero attached hydrogens (tertiary/aromatic N) is 1. The molecule has 3 heteroatoms. The number of benzene rings is 1. The molecule has 0 saturated heterocycles. The zero-order valence-corrected chi connectivity index (χ0v) is 6.82. The summed E-state index contributed by atoms with van der Waals surface area (Å²) in [4.78, 5) is 1.28. The van der Waals surface area contributed by atoms with Crippen LogP contribution in [-0.4, -0.2) is 3.82 Å². The minimum atomic E-state index is 0.850. The van der Waals surface area contributed by atoms with Crippen molar-refractivity contribution in [1.82, 2.24) is 3.82 Å². The van der Waals surface area contributed by atoms with E-state index in [0.29, 0.717) is 0 Å². The topological polar surface area (TPSA) is 3.24 Å². The summed E-state index contributed by atoms with van der Waals surface area (Å²) in [6.45, 7) is 0.850. The van der Waals surface area contributed by atoms with E-state index < -0.39 is 0 Å². The van der Waals surface area contributed by atoms with Crippen LogP contribution in [0.1, 0.15) is 5.56 Å². The Bertz CT molecular complexity index is 226. The molecule has 0 aliphatic carbocycles. The van der Waals surface area contributed by atoms with Gasteiger partial charge in [0.05, 0.1) is 6.54 Å². The van der Waals surface area contributed by atoms with Crippen LogP contribution >= 0.6 is 23.7 Å². The molecule has 1 aliphatic heterocycles. The number of rotatable bonds is 0. The van der Waals surface area contributed by atoms with E-state index in [1.54, 1.807) is 15.8 Å². The van der Waals surface area contributed by atoms with Crippen molar-refractivity contribution in [2.24, 2.45) is 0 Å². The number of fused-ring (bicyclic) bond motifs is 1. The van der Waals surface area contributed by atoms with Gasteiger partial charge in [0.15, 0.2) is 0 Å². The van der Waals surface area contributed by atoms with Crippen molar-refractivity contribution in [3.8, 4) is 0 Å². The van der Waals surface area contributed by atoms with Gasteiger partial charge >= 0.3 is 0 Å². The van der Waals surface area contributed by atoms with Gasteiger partial charge in [0, 0.05) is 4.90 Å². The maximum Gasteiger partial charge on any atom is 0.0519 e. The Morgan fingerprint density at radius 3 is 3.00 bits per heavy atom. The second-order valence-electron chi connectivity index (χ2n) is 2.17. The normalized spacial score (nSPS) is 17.3. The molecule has 1 aromatic carbocycles. The summed E-state index contributed by atoms with van der Waals surface area (Å²) in [6.07, 6.45) is 0. The third-order valence-corrected chi connectivity index (χ3v) is 2.71. The van der Waals surface area contributed by atoms with Crippen molar-refractivity contribution < 1.29 is 0 Å². The van der Waals surface area contributed by atoms with Gasteiger partial charge in [0.2, 0.25) is 0 Å². The molecular weight excluding hydrogens is 166 g/mol. The molecule has 0 aromatic heterocycles. The summed E-state index contributed by atoms with van der Waals surface area (Å²) in [5.74, 6) is 0. The van der Waals surface area contributed by atoms with Crippen molar-refractivity contribution in [3.05, 3.63) is 29.8 Å². The molecule has 0 fully saturated rings. The molecule has 0 atom stereocenters. The van der Waals surface area contributed by atoms with Gasteiger partial charge in [0.25, 0.3) is 0 Å². The summed E-state index contributed by atoms with van der Waals surface area (Å²) < 4.78 is 1.71. The Labute approximate surface area is 69.2 Å². The van der Waals surface area contributed by atoms with Gasteiger partial charge in [-0.1, -0.05) is 18.2 Å². The van der Waals surface area contributed by atoms with Crippen LogP contribution in [0.4, 0.5) is 0 Å². The van der Waals surface area contributed by atoms with Crippen LogP contribution < -0.4 is 0 Å². The van der Waals surface area contributed by atoms with E-state index in [1.807, 2.05) is 12.1 Å². The largest absolute Gasteiger partial charge is 0.154 e. The van der Waals surface area contributed by atoms with E-state index in [0.717, 1.165) is 6.54 Å². The second-order valence-corrected chi connectivity index (χ2v) is 3.85. The van der Waals surface area contributed by atoms with Crippen molar-refractivity contribution in [2.45, 2.75) is 11.4 Å². The zero-order chi connectivity index (χ0) is 6.97. The highest BCUT2D eigenvalue weighted by atomic mass is 35.5. The molecule has 52 valence electrons. The van der Waals surface area contributed by atoms with Crippen LogP contribution in [0.15, 0.2) is 29.2 Å². The molecule has 0 bridgehead atoms. The lowest BCUT2D eigenvalue weighted by atomic mass is 10.2. The lowest BCUT2D eigenvalue weighted by molar-refractivity contribution is 0.743. The second kappa shape index (κ2) is 2.46. The molecule has 1 heterocycles. The van der Waals surface area contributed by atoms with Gasteiger partial charge in [-0.2, -0.15) is 3.82 Å². The Kier molecular flexibility index (Phi) is 1.60. The average molecular weight is 172 g/mol. The van der Waals surface area contributed by atoms with E-state index in [1.165, 1.54) is 10.5 Å². The summed E-state index contributed by atoms with van der Waals surface area (Å²) in [6, 6.07) is 8.25. The van der Waals surface area contributed by atoms with Crippen molar-refractivity contribution >= 4 is 23.7 Å². The first kappa shape index (κ1) is 6.53. The monoisotopic (exact) mass is 171 g/mol. The Morgan fingerprint density at radius 1 is 1.40 bits per heavy atom.